The van der Waals surface area contributed by atoms with Crippen LogP contribution in [0.2, 0.25) is 0 Å². The SMILES string of the molecule is C=CC.Oc1ccc(/C=C/c2ccccc2)cc1. The van der Waals surface area contributed by atoms with Crippen LogP contribution in [-0.4, -0.2) is 5.11 Å². The Hall–Kier alpha value is -2.28. The highest BCUT2D eigenvalue weighted by Gasteiger charge is 1.88. The maximum Gasteiger partial charge on any atom is 0.115 e. The molecule has 1 heteroatoms. The van der Waals surface area contributed by atoms with Crippen molar-refractivity contribution in [3.8, 4) is 5.75 Å². The Morgan fingerprint density at radius 1 is 0.833 bits per heavy atom. The van der Waals surface area contributed by atoms with E-state index < -0.39 is 0 Å². The number of phenolic OH excluding ortho intramolecular Hbond substituents is 1. The van der Waals surface area contributed by atoms with Crippen molar-refractivity contribution in [3.05, 3.63) is 78.4 Å². The number of aromatic hydroxyl groups is 1. The zero-order chi connectivity index (χ0) is 13.2. The summed E-state index contributed by atoms with van der Waals surface area (Å²) >= 11 is 0. The molecule has 92 valence electrons. The van der Waals surface area contributed by atoms with Crippen LogP contribution in [-0.2, 0) is 0 Å². The second-order valence-electron chi connectivity index (χ2n) is 3.74. The predicted molar refractivity (Wildman–Crippen MR) is 79.3 cm³/mol. The molecular weight excluding hydrogens is 220 g/mol. The molecule has 0 atom stereocenters. The Kier molecular flexibility index (Phi) is 6.05. The third kappa shape index (κ3) is 5.17. The van der Waals surface area contributed by atoms with E-state index in [9.17, 15) is 0 Å². The fourth-order valence-corrected chi connectivity index (χ4v) is 1.34. The maximum absolute atomic E-state index is 9.12. The summed E-state index contributed by atoms with van der Waals surface area (Å²) in [5.41, 5.74) is 2.25. The van der Waals surface area contributed by atoms with Gasteiger partial charge in [0, 0.05) is 0 Å². The van der Waals surface area contributed by atoms with Crippen molar-refractivity contribution in [2.75, 3.05) is 0 Å². The molecule has 0 aliphatic heterocycles. The third-order valence-electron chi connectivity index (χ3n) is 2.16. The molecule has 0 aliphatic rings. The molecular formula is C17H18O. The van der Waals surface area contributed by atoms with Crippen molar-refractivity contribution in [1.82, 2.24) is 0 Å². The van der Waals surface area contributed by atoms with Crippen LogP contribution in [0.25, 0.3) is 12.2 Å². The molecule has 0 saturated carbocycles. The van der Waals surface area contributed by atoms with E-state index in [1.165, 1.54) is 5.56 Å². The molecule has 2 rings (SSSR count). The van der Waals surface area contributed by atoms with Crippen LogP contribution in [0.1, 0.15) is 18.1 Å². The lowest BCUT2D eigenvalue weighted by Gasteiger charge is -1.94. The van der Waals surface area contributed by atoms with Crippen LogP contribution in [0.5, 0.6) is 5.75 Å². The number of allylic oxidation sites excluding steroid dienone is 1. The van der Waals surface area contributed by atoms with E-state index in [4.69, 9.17) is 5.11 Å². The Morgan fingerprint density at radius 2 is 1.28 bits per heavy atom. The topological polar surface area (TPSA) is 20.2 Å². The molecule has 0 fully saturated rings. The second kappa shape index (κ2) is 7.91. The normalized spacial score (nSPS) is 9.61. The average Bonchev–Trinajstić information content (AvgIpc) is 2.40. The van der Waals surface area contributed by atoms with E-state index in [2.05, 4.69) is 18.7 Å². The van der Waals surface area contributed by atoms with Gasteiger partial charge in [0.25, 0.3) is 0 Å². The smallest absolute Gasteiger partial charge is 0.115 e. The Bertz CT molecular complexity index is 481. The number of rotatable bonds is 2. The van der Waals surface area contributed by atoms with E-state index >= 15 is 0 Å². The van der Waals surface area contributed by atoms with Gasteiger partial charge < -0.3 is 5.11 Å². The van der Waals surface area contributed by atoms with Gasteiger partial charge in [0.1, 0.15) is 5.75 Å². The lowest BCUT2D eigenvalue weighted by atomic mass is 10.1. The highest BCUT2D eigenvalue weighted by Crippen LogP contribution is 2.12. The van der Waals surface area contributed by atoms with Gasteiger partial charge in [-0.1, -0.05) is 60.7 Å². The van der Waals surface area contributed by atoms with E-state index in [-0.39, 0.29) is 0 Å². The number of hydrogen-bond donors (Lipinski definition) is 1. The molecule has 0 heterocycles. The lowest BCUT2D eigenvalue weighted by Crippen LogP contribution is -1.71. The largest absolute Gasteiger partial charge is 0.508 e. The summed E-state index contributed by atoms with van der Waals surface area (Å²) < 4.78 is 0. The van der Waals surface area contributed by atoms with Gasteiger partial charge in [-0.2, -0.15) is 0 Å². The molecule has 1 N–H and O–H groups in total. The fourth-order valence-electron chi connectivity index (χ4n) is 1.34. The minimum Gasteiger partial charge on any atom is -0.508 e. The highest BCUT2D eigenvalue weighted by atomic mass is 16.3. The van der Waals surface area contributed by atoms with Crippen LogP contribution in [0.3, 0.4) is 0 Å². The van der Waals surface area contributed by atoms with Crippen LogP contribution in [0.15, 0.2) is 67.3 Å². The van der Waals surface area contributed by atoms with Gasteiger partial charge in [0.05, 0.1) is 0 Å². The van der Waals surface area contributed by atoms with Gasteiger partial charge >= 0.3 is 0 Å². The minimum atomic E-state index is 0.298. The number of phenols is 1. The molecule has 0 aromatic heterocycles. The minimum absolute atomic E-state index is 0.298. The first-order valence-corrected chi connectivity index (χ1v) is 5.85. The highest BCUT2D eigenvalue weighted by molar-refractivity contribution is 5.69. The molecule has 2 aromatic carbocycles. The summed E-state index contributed by atoms with van der Waals surface area (Å²) in [7, 11) is 0. The van der Waals surface area contributed by atoms with Gasteiger partial charge in [0.2, 0.25) is 0 Å². The zero-order valence-electron chi connectivity index (χ0n) is 10.6. The van der Waals surface area contributed by atoms with Gasteiger partial charge in [-0.15, -0.1) is 6.58 Å². The predicted octanol–water partition coefficient (Wildman–Crippen LogP) is 4.75. The first-order valence-electron chi connectivity index (χ1n) is 5.85. The maximum atomic E-state index is 9.12. The summed E-state index contributed by atoms with van der Waals surface area (Å²) in [6, 6.07) is 17.3. The second-order valence-corrected chi connectivity index (χ2v) is 3.74. The van der Waals surface area contributed by atoms with E-state index in [0.717, 1.165) is 5.56 Å². The zero-order valence-corrected chi connectivity index (χ0v) is 10.6. The quantitative estimate of drug-likeness (QED) is 0.591. The average molecular weight is 238 g/mol. The van der Waals surface area contributed by atoms with Crippen molar-refractivity contribution in [2.24, 2.45) is 0 Å². The molecule has 0 bridgehead atoms. The number of hydrogen-bond acceptors (Lipinski definition) is 1. The van der Waals surface area contributed by atoms with E-state index in [0.29, 0.717) is 5.75 Å². The van der Waals surface area contributed by atoms with Crippen LogP contribution < -0.4 is 0 Å². The van der Waals surface area contributed by atoms with Crippen molar-refractivity contribution in [1.29, 1.82) is 0 Å². The van der Waals surface area contributed by atoms with Crippen molar-refractivity contribution >= 4 is 12.2 Å². The fraction of sp³-hybridized carbons (Fsp3) is 0.0588. The molecule has 0 amide bonds. The standard InChI is InChI=1S/C14H12O.C3H6/c15-14-10-8-13(9-11-14)7-6-12-4-2-1-3-5-12;1-3-2/h1-11,15H;3H,1H2,2H3/b7-6+;. The molecule has 18 heavy (non-hydrogen) atoms. The van der Waals surface area contributed by atoms with Gasteiger partial charge in [0.15, 0.2) is 0 Å². The third-order valence-corrected chi connectivity index (χ3v) is 2.16. The summed E-state index contributed by atoms with van der Waals surface area (Å²) in [6.07, 6.45) is 5.82. The van der Waals surface area contributed by atoms with Gasteiger partial charge in [-0.25, -0.2) is 0 Å². The first-order chi connectivity index (χ1) is 8.76. The first kappa shape index (κ1) is 13.8. The Balaban J connectivity index is 0.000000492. The molecule has 2 aromatic rings. The van der Waals surface area contributed by atoms with Crippen molar-refractivity contribution in [3.63, 3.8) is 0 Å². The van der Waals surface area contributed by atoms with Crippen LogP contribution in [0, 0.1) is 0 Å². The summed E-state index contributed by atoms with van der Waals surface area (Å²) in [5, 5.41) is 9.12. The Labute approximate surface area is 109 Å². The lowest BCUT2D eigenvalue weighted by molar-refractivity contribution is 0.475. The van der Waals surface area contributed by atoms with Crippen LogP contribution in [0.4, 0.5) is 0 Å². The summed E-state index contributed by atoms with van der Waals surface area (Å²) in [4.78, 5) is 0. The van der Waals surface area contributed by atoms with E-state index in [1.807, 2.05) is 49.4 Å². The molecule has 1 nitrogen and oxygen atoms in total. The summed E-state index contributed by atoms with van der Waals surface area (Å²) in [6.45, 7) is 5.25. The van der Waals surface area contributed by atoms with Gasteiger partial charge in [-0.3, -0.25) is 0 Å². The number of benzene rings is 2. The van der Waals surface area contributed by atoms with Gasteiger partial charge in [-0.05, 0) is 30.2 Å². The molecule has 0 unspecified atom stereocenters. The summed E-state index contributed by atoms with van der Waals surface area (Å²) in [5.74, 6) is 0.298. The Morgan fingerprint density at radius 3 is 1.78 bits per heavy atom. The van der Waals surface area contributed by atoms with Crippen molar-refractivity contribution < 1.29 is 5.11 Å². The monoisotopic (exact) mass is 238 g/mol. The van der Waals surface area contributed by atoms with Crippen molar-refractivity contribution in [2.45, 2.75) is 6.92 Å². The van der Waals surface area contributed by atoms with Crippen LogP contribution >= 0.6 is 0 Å². The molecule has 0 radical (unpaired) electrons. The molecule has 0 spiro atoms. The van der Waals surface area contributed by atoms with E-state index in [1.54, 1.807) is 18.2 Å². The molecule has 0 saturated heterocycles. The molecule has 0 aliphatic carbocycles.